The van der Waals surface area contributed by atoms with E-state index in [9.17, 15) is 9.18 Å². The molecule has 1 atom stereocenters. The molecule has 1 aliphatic rings. The normalized spacial score (nSPS) is 16.6. The van der Waals surface area contributed by atoms with Gasteiger partial charge in [-0.2, -0.15) is 0 Å². The van der Waals surface area contributed by atoms with Crippen LogP contribution < -0.4 is 11.1 Å². The van der Waals surface area contributed by atoms with Gasteiger partial charge in [-0.25, -0.2) is 4.39 Å². The van der Waals surface area contributed by atoms with E-state index in [1.54, 1.807) is 12.1 Å². The third-order valence-electron chi connectivity index (χ3n) is 2.92. The van der Waals surface area contributed by atoms with Crippen molar-refractivity contribution in [1.82, 2.24) is 5.32 Å². The Morgan fingerprint density at radius 1 is 1.59 bits per heavy atom. The molecule has 0 saturated heterocycles. The third kappa shape index (κ3) is 3.16. The smallest absolute Gasteiger partial charge is 0.255 e. The first-order valence-corrected chi connectivity index (χ1v) is 6.65. The van der Waals surface area contributed by atoms with Gasteiger partial charge in [0.25, 0.3) is 5.91 Å². The SMILES string of the molecule is NC(CNC(=O)c1c(F)cccc1I)C1CC1. The molecule has 1 aromatic carbocycles. The molecule has 3 N–H and O–H groups in total. The Labute approximate surface area is 113 Å². The maximum Gasteiger partial charge on any atom is 0.255 e. The summed E-state index contributed by atoms with van der Waals surface area (Å²) < 4.78 is 14.1. The molecular formula is C12H14FIN2O. The molecule has 5 heteroatoms. The van der Waals surface area contributed by atoms with Crippen molar-refractivity contribution in [2.24, 2.45) is 11.7 Å². The molecule has 1 aliphatic carbocycles. The van der Waals surface area contributed by atoms with Crippen LogP contribution in [0.2, 0.25) is 0 Å². The molecule has 0 aliphatic heterocycles. The van der Waals surface area contributed by atoms with Gasteiger partial charge in [-0.05, 0) is 53.5 Å². The average Bonchev–Trinajstić information content (AvgIpc) is 3.09. The van der Waals surface area contributed by atoms with Crippen LogP contribution in [0.15, 0.2) is 18.2 Å². The van der Waals surface area contributed by atoms with Crippen LogP contribution in [0.25, 0.3) is 0 Å². The highest BCUT2D eigenvalue weighted by Gasteiger charge is 2.28. The van der Waals surface area contributed by atoms with Gasteiger partial charge >= 0.3 is 0 Å². The van der Waals surface area contributed by atoms with Crippen LogP contribution in [0, 0.1) is 15.3 Å². The quantitative estimate of drug-likeness (QED) is 0.817. The molecule has 0 radical (unpaired) electrons. The zero-order valence-electron chi connectivity index (χ0n) is 9.25. The molecular weight excluding hydrogens is 334 g/mol. The molecule has 0 aromatic heterocycles. The first-order valence-electron chi connectivity index (χ1n) is 5.57. The first-order chi connectivity index (χ1) is 8.09. The highest BCUT2D eigenvalue weighted by Crippen LogP contribution is 2.31. The Morgan fingerprint density at radius 2 is 2.29 bits per heavy atom. The van der Waals surface area contributed by atoms with E-state index in [1.807, 2.05) is 22.6 Å². The molecule has 0 bridgehead atoms. The van der Waals surface area contributed by atoms with Crippen molar-refractivity contribution in [3.05, 3.63) is 33.1 Å². The minimum absolute atomic E-state index is 0.0108. The van der Waals surface area contributed by atoms with Crippen molar-refractivity contribution in [3.8, 4) is 0 Å². The molecule has 0 heterocycles. The van der Waals surface area contributed by atoms with Crippen molar-refractivity contribution >= 4 is 28.5 Å². The Kier molecular flexibility index (Phi) is 3.98. The summed E-state index contributed by atoms with van der Waals surface area (Å²) in [6.07, 6.45) is 2.27. The maximum atomic E-state index is 13.5. The Morgan fingerprint density at radius 3 is 2.88 bits per heavy atom. The van der Waals surface area contributed by atoms with E-state index in [-0.39, 0.29) is 17.5 Å². The average molecular weight is 348 g/mol. The number of hydrogen-bond acceptors (Lipinski definition) is 2. The zero-order chi connectivity index (χ0) is 12.4. The van der Waals surface area contributed by atoms with Crippen molar-refractivity contribution in [3.63, 3.8) is 0 Å². The lowest BCUT2D eigenvalue weighted by Gasteiger charge is -2.12. The largest absolute Gasteiger partial charge is 0.350 e. The third-order valence-corrected chi connectivity index (χ3v) is 3.81. The molecule has 0 spiro atoms. The molecule has 92 valence electrons. The van der Waals surface area contributed by atoms with Crippen molar-refractivity contribution < 1.29 is 9.18 Å². The van der Waals surface area contributed by atoms with E-state index < -0.39 is 5.82 Å². The summed E-state index contributed by atoms with van der Waals surface area (Å²) in [5.74, 6) is -0.354. The van der Waals surface area contributed by atoms with Crippen LogP contribution in [-0.4, -0.2) is 18.5 Å². The van der Waals surface area contributed by atoms with E-state index in [0.29, 0.717) is 16.0 Å². The fourth-order valence-electron chi connectivity index (χ4n) is 1.70. The Balaban J connectivity index is 1.99. The Hall–Kier alpha value is -0.690. The van der Waals surface area contributed by atoms with Gasteiger partial charge in [-0.3, -0.25) is 4.79 Å². The van der Waals surface area contributed by atoms with E-state index >= 15 is 0 Å². The van der Waals surface area contributed by atoms with Gasteiger partial charge in [-0.1, -0.05) is 6.07 Å². The number of rotatable bonds is 4. The van der Waals surface area contributed by atoms with Crippen molar-refractivity contribution in [2.45, 2.75) is 18.9 Å². The minimum atomic E-state index is -0.491. The molecule has 2 rings (SSSR count). The van der Waals surface area contributed by atoms with Gasteiger partial charge in [0.05, 0.1) is 5.56 Å². The van der Waals surface area contributed by atoms with Crippen LogP contribution in [-0.2, 0) is 0 Å². The van der Waals surface area contributed by atoms with Crippen LogP contribution in [0.1, 0.15) is 23.2 Å². The van der Waals surface area contributed by atoms with E-state index in [1.165, 1.54) is 6.07 Å². The number of amides is 1. The lowest BCUT2D eigenvalue weighted by atomic mass is 10.1. The number of nitrogens with two attached hydrogens (primary N) is 1. The van der Waals surface area contributed by atoms with E-state index in [4.69, 9.17) is 5.73 Å². The molecule has 1 fully saturated rings. The summed E-state index contributed by atoms with van der Waals surface area (Å²) >= 11 is 1.95. The lowest BCUT2D eigenvalue weighted by molar-refractivity contribution is 0.0945. The predicted octanol–water partition coefficient (Wildman–Crippen LogP) is 1.90. The summed E-state index contributed by atoms with van der Waals surface area (Å²) in [6, 6.07) is 4.57. The minimum Gasteiger partial charge on any atom is -0.350 e. The maximum absolute atomic E-state index is 13.5. The van der Waals surface area contributed by atoms with Crippen LogP contribution >= 0.6 is 22.6 Å². The topological polar surface area (TPSA) is 55.1 Å². The fourth-order valence-corrected chi connectivity index (χ4v) is 2.41. The summed E-state index contributed by atoms with van der Waals surface area (Å²) in [6.45, 7) is 0.411. The first kappa shape index (κ1) is 12.8. The number of nitrogens with one attached hydrogen (secondary N) is 1. The summed E-state index contributed by atoms with van der Waals surface area (Å²) in [5.41, 5.74) is 5.98. The zero-order valence-corrected chi connectivity index (χ0v) is 11.4. The number of halogens is 2. The summed E-state index contributed by atoms with van der Waals surface area (Å²) in [7, 11) is 0. The second-order valence-electron chi connectivity index (χ2n) is 4.31. The number of benzene rings is 1. The lowest BCUT2D eigenvalue weighted by Crippen LogP contribution is -2.39. The molecule has 1 aromatic rings. The van der Waals surface area contributed by atoms with Gasteiger partial charge in [-0.15, -0.1) is 0 Å². The molecule has 3 nitrogen and oxygen atoms in total. The van der Waals surface area contributed by atoms with Gasteiger partial charge in [0.1, 0.15) is 5.82 Å². The van der Waals surface area contributed by atoms with Crippen LogP contribution in [0.5, 0.6) is 0 Å². The Bertz CT molecular complexity index is 414. The number of hydrogen-bond donors (Lipinski definition) is 2. The molecule has 1 amide bonds. The second-order valence-corrected chi connectivity index (χ2v) is 5.47. The van der Waals surface area contributed by atoms with Gasteiger partial charge < -0.3 is 11.1 Å². The predicted molar refractivity (Wildman–Crippen MR) is 72.1 cm³/mol. The standard InChI is InChI=1S/C12H14FIN2O/c13-8-2-1-3-9(14)11(8)12(17)16-6-10(15)7-4-5-7/h1-3,7,10H,4-6,15H2,(H,16,17). The highest BCUT2D eigenvalue weighted by molar-refractivity contribution is 14.1. The number of carbonyl (C=O) groups excluding carboxylic acids is 1. The van der Waals surface area contributed by atoms with Crippen molar-refractivity contribution in [2.75, 3.05) is 6.54 Å². The molecule has 17 heavy (non-hydrogen) atoms. The number of carbonyl (C=O) groups is 1. The molecule has 1 unspecified atom stereocenters. The van der Waals surface area contributed by atoms with E-state index in [2.05, 4.69) is 5.32 Å². The molecule has 1 saturated carbocycles. The van der Waals surface area contributed by atoms with E-state index in [0.717, 1.165) is 12.8 Å². The van der Waals surface area contributed by atoms with Gasteiger partial charge in [0.2, 0.25) is 0 Å². The monoisotopic (exact) mass is 348 g/mol. The fraction of sp³-hybridized carbons (Fsp3) is 0.417. The van der Waals surface area contributed by atoms with Gasteiger partial charge in [0, 0.05) is 16.2 Å². The van der Waals surface area contributed by atoms with Crippen LogP contribution in [0.4, 0.5) is 4.39 Å². The summed E-state index contributed by atoms with van der Waals surface area (Å²) in [4.78, 5) is 11.8. The van der Waals surface area contributed by atoms with Crippen molar-refractivity contribution in [1.29, 1.82) is 0 Å². The highest BCUT2D eigenvalue weighted by atomic mass is 127. The van der Waals surface area contributed by atoms with Crippen LogP contribution in [0.3, 0.4) is 0 Å². The summed E-state index contributed by atoms with van der Waals surface area (Å²) in [5, 5.41) is 2.69. The second kappa shape index (κ2) is 5.30. The van der Waals surface area contributed by atoms with Gasteiger partial charge in [0.15, 0.2) is 0 Å².